The van der Waals surface area contributed by atoms with Crippen LogP contribution in [0.1, 0.15) is 18.1 Å². The molecule has 2 aliphatic rings. The van der Waals surface area contributed by atoms with Gasteiger partial charge in [-0.25, -0.2) is 4.79 Å². The Labute approximate surface area is 152 Å². The predicted octanol–water partition coefficient (Wildman–Crippen LogP) is 0.629. The summed E-state index contributed by atoms with van der Waals surface area (Å²) in [5.74, 6) is 0.00844. The van der Waals surface area contributed by atoms with Crippen molar-refractivity contribution < 1.29 is 23.9 Å². The van der Waals surface area contributed by atoms with Gasteiger partial charge in [0.1, 0.15) is 17.8 Å². The molecule has 2 saturated heterocycles. The lowest BCUT2D eigenvalue weighted by molar-refractivity contribution is -0.141. The highest BCUT2D eigenvalue weighted by molar-refractivity contribution is 6.09. The second kappa shape index (κ2) is 6.95. The zero-order valence-electron chi connectivity index (χ0n) is 15.2. The quantitative estimate of drug-likeness (QED) is 0.795. The summed E-state index contributed by atoms with van der Waals surface area (Å²) in [5.41, 5.74) is 0.297. The zero-order chi connectivity index (χ0) is 18.9. The van der Waals surface area contributed by atoms with Crippen molar-refractivity contribution in [3.63, 3.8) is 0 Å². The van der Waals surface area contributed by atoms with Crippen molar-refractivity contribution in [3.8, 4) is 5.75 Å². The fraction of sp³-hybridized carbons (Fsp3) is 0.500. The molecule has 1 N–H and O–H groups in total. The number of benzene rings is 1. The van der Waals surface area contributed by atoms with E-state index >= 15 is 0 Å². The molecule has 1 unspecified atom stereocenters. The van der Waals surface area contributed by atoms with E-state index in [1.165, 1.54) is 0 Å². The maximum absolute atomic E-state index is 12.9. The van der Waals surface area contributed by atoms with Gasteiger partial charge in [-0.05, 0) is 37.1 Å². The van der Waals surface area contributed by atoms with Crippen molar-refractivity contribution in [3.05, 3.63) is 29.3 Å². The number of aryl methyl sites for hydroxylation is 1. The number of ether oxygens (including phenoxy) is 2. The van der Waals surface area contributed by atoms with E-state index in [0.717, 1.165) is 10.5 Å². The van der Waals surface area contributed by atoms with Gasteiger partial charge in [-0.15, -0.1) is 0 Å². The Bertz CT molecular complexity index is 744. The third kappa shape index (κ3) is 3.12. The van der Waals surface area contributed by atoms with Crippen LogP contribution in [-0.4, -0.2) is 67.6 Å². The van der Waals surface area contributed by atoms with Crippen LogP contribution in [0.25, 0.3) is 0 Å². The Hall–Kier alpha value is -2.61. The van der Waals surface area contributed by atoms with E-state index in [4.69, 9.17) is 9.47 Å². The standard InChI is InChI=1S/C18H23N3O5/c1-12-10-13(4-5-14(12)25-3)18(2)16(23)21(17(24)19-18)11-15(22)20-6-8-26-9-7-20/h4-5,10H,6-9,11H2,1-3H3,(H,19,24). The van der Waals surface area contributed by atoms with Crippen molar-refractivity contribution in [1.29, 1.82) is 0 Å². The number of nitrogens with zero attached hydrogens (tertiary/aromatic N) is 2. The Kier molecular flexibility index (Phi) is 4.86. The molecule has 4 amide bonds. The number of hydrogen-bond acceptors (Lipinski definition) is 5. The Balaban J connectivity index is 1.79. The molecule has 140 valence electrons. The van der Waals surface area contributed by atoms with Gasteiger partial charge in [0.05, 0.1) is 20.3 Å². The summed E-state index contributed by atoms with van der Waals surface area (Å²) < 4.78 is 10.5. The molecule has 1 atom stereocenters. The van der Waals surface area contributed by atoms with Gasteiger partial charge in [-0.1, -0.05) is 6.07 Å². The highest BCUT2D eigenvalue weighted by atomic mass is 16.5. The third-order valence-electron chi connectivity index (χ3n) is 4.90. The average Bonchev–Trinajstić information content (AvgIpc) is 2.86. The first-order valence-electron chi connectivity index (χ1n) is 8.51. The molecule has 8 heteroatoms. The van der Waals surface area contributed by atoms with Crippen molar-refractivity contribution in [1.82, 2.24) is 15.1 Å². The van der Waals surface area contributed by atoms with E-state index in [1.54, 1.807) is 31.1 Å². The van der Waals surface area contributed by atoms with Crippen LogP contribution >= 0.6 is 0 Å². The lowest BCUT2D eigenvalue weighted by Crippen LogP contribution is -2.47. The molecular formula is C18H23N3O5. The summed E-state index contributed by atoms with van der Waals surface area (Å²) in [4.78, 5) is 40.3. The van der Waals surface area contributed by atoms with E-state index in [1.807, 2.05) is 13.0 Å². The number of morpholine rings is 1. The van der Waals surface area contributed by atoms with Crippen LogP contribution in [0.3, 0.4) is 0 Å². The van der Waals surface area contributed by atoms with Crippen LogP contribution in [0.5, 0.6) is 5.75 Å². The number of urea groups is 1. The summed E-state index contributed by atoms with van der Waals surface area (Å²) >= 11 is 0. The second-order valence-corrected chi connectivity index (χ2v) is 6.62. The second-order valence-electron chi connectivity index (χ2n) is 6.62. The number of carbonyl (C=O) groups is 3. The first-order chi connectivity index (χ1) is 12.4. The molecule has 2 aliphatic heterocycles. The predicted molar refractivity (Wildman–Crippen MR) is 92.7 cm³/mol. The minimum atomic E-state index is -1.21. The van der Waals surface area contributed by atoms with Gasteiger partial charge in [-0.3, -0.25) is 14.5 Å². The zero-order valence-corrected chi connectivity index (χ0v) is 15.2. The minimum Gasteiger partial charge on any atom is -0.496 e. The third-order valence-corrected chi connectivity index (χ3v) is 4.90. The molecule has 0 radical (unpaired) electrons. The summed E-state index contributed by atoms with van der Waals surface area (Å²) in [5, 5.41) is 2.72. The molecule has 8 nitrogen and oxygen atoms in total. The molecule has 0 aromatic heterocycles. The number of imide groups is 1. The molecule has 0 bridgehead atoms. The fourth-order valence-corrected chi connectivity index (χ4v) is 3.27. The molecule has 1 aromatic rings. The normalized spacial score (nSPS) is 23.2. The van der Waals surface area contributed by atoms with Gasteiger partial charge in [0.15, 0.2) is 0 Å². The lowest BCUT2D eigenvalue weighted by atomic mass is 9.90. The van der Waals surface area contributed by atoms with Gasteiger partial charge < -0.3 is 19.7 Å². The molecule has 0 aliphatic carbocycles. The maximum Gasteiger partial charge on any atom is 0.325 e. The van der Waals surface area contributed by atoms with E-state index in [0.29, 0.717) is 37.6 Å². The van der Waals surface area contributed by atoms with E-state index < -0.39 is 17.5 Å². The van der Waals surface area contributed by atoms with Gasteiger partial charge in [-0.2, -0.15) is 0 Å². The van der Waals surface area contributed by atoms with Crippen LogP contribution in [0.4, 0.5) is 4.79 Å². The molecule has 3 rings (SSSR count). The lowest BCUT2D eigenvalue weighted by Gasteiger charge is -2.28. The van der Waals surface area contributed by atoms with Gasteiger partial charge in [0.25, 0.3) is 5.91 Å². The largest absolute Gasteiger partial charge is 0.496 e. The number of amides is 4. The average molecular weight is 361 g/mol. The van der Waals surface area contributed by atoms with Gasteiger partial charge >= 0.3 is 6.03 Å². The maximum atomic E-state index is 12.9. The SMILES string of the molecule is COc1ccc(C2(C)NC(=O)N(CC(=O)N3CCOCC3)C2=O)cc1C. The van der Waals surface area contributed by atoms with Gasteiger partial charge in [0, 0.05) is 13.1 Å². The van der Waals surface area contributed by atoms with Crippen LogP contribution < -0.4 is 10.1 Å². The van der Waals surface area contributed by atoms with Crippen molar-refractivity contribution in [2.24, 2.45) is 0 Å². The van der Waals surface area contributed by atoms with Crippen molar-refractivity contribution in [2.45, 2.75) is 19.4 Å². The van der Waals surface area contributed by atoms with Crippen LogP contribution in [0, 0.1) is 6.92 Å². The summed E-state index contributed by atoms with van der Waals surface area (Å²) in [6.45, 7) is 5.12. The topological polar surface area (TPSA) is 88.2 Å². The van der Waals surface area contributed by atoms with Crippen LogP contribution in [0.15, 0.2) is 18.2 Å². The van der Waals surface area contributed by atoms with Gasteiger partial charge in [0.2, 0.25) is 5.91 Å². The molecule has 2 heterocycles. The molecular weight excluding hydrogens is 338 g/mol. The Morgan fingerprint density at radius 3 is 2.62 bits per heavy atom. The Morgan fingerprint density at radius 2 is 2.00 bits per heavy atom. The summed E-state index contributed by atoms with van der Waals surface area (Å²) in [6, 6.07) is 4.76. The van der Waals surface area contributed by atoms with Crippen LogP contribution in [-0.2, 0) is 19.9 Å². The van der Waals surface area contributed by atoms with Crippen molar-refractivity contribution in [2.75, 3.05) is 40.0 Å². The summed E-state index contributed by atoms with van der Waals surface area (Å²) in [6.07, 6.45) is 0. The highest BCUT2D eigenvalue weighted by Crippen LogP contribution is 2.31. The smallest absolute Gasteiger partial charge is 0.325 e. The molecule has 26 heavy (non-hydrogen) atoms. The molecule has 0 spiro atoms. The number of methoxy groups -OCH3 is 1. The summed E-state index contributed by atoms with van der Waals surface area (Å²) in [7, 11) is 1.57. The monoisotopic (exact) mass is 361 g/mol. The number of hydrogen-bond donors (Lipinski definition) is 1. The van der Waals surface area contributed by atoms with E-state index in [-0.39, 0.29) is 12.5 Å². The molecule has 0 saturated carbocycles. The van der Waals surface area contributed by atoms with E-state index in [2.05, 4.69) is 5.32 Å². The minimum absolute atomic E-state index is 0.257. The van der Waals surface area contributed by atoms with E-state index in [9.17, 15) is 14.4 Å². The van der Waals surface area contributed by atoms with Crippen molar-refractivity contribution >= 4 is 17.8 Å². The highest BCUT2D eigenvalue weighted by Gasteiger charge is 2.49. The first-order valence-corrected chi connectivity index (χ1v) is 8.51. The number of nitrogens with one attached hydrogen (secondary N) is 1. The fourth-order valence-electron chi connectivity index (χ4n) is 3.27. The number of rotatable bonds is 4. The van der Waals surface area contributed by atoms with Crippen LogP contribution in [0.2, 0.25) is 0 Å². The number of carbonyl (C=O) groups excluding carboxylic acids is 3. The Morgan fingerprint density at radius 1 is 1.31 bits per heavy atom. The molecule has 1 aromatic carbocycles. The molecule has 2 fully saturated rings. The first kappa shape index (κ1) is 18.2.